The molecular formula is C8H12O8P2. The zero-order chi connectivity index (χ0) is 14.5. The maximum atomic E-state index is 11.2. The summed E-state index contributed by atoms with van der Waals surface area (Å²) in [5.74, 6) is -1.87. The van der Waals surface area contributed by atoms with Gasteiger partial charge in [-0.05, 0) is 25.0 Å². The van der Waals surface area contributed by atoms with Crippen molar-refractivity contribution in [3.63, 3.8) is 0 Å². The number of benzene rings is 1. The second-order valence-corrected chi connectivity index (χ2v) is 6.80. The van der Waals surface area contributed by atoms with Gasteiger partial charge in [-0.2, -0.15) is 0 Å². The van der Waals surface area contributed by atoms with E-state index in [9.17, 15) is 19.3 Å². The van der Waals surface area contributed by atoms with Crippen LogP contribution in [0.5, 0.6) is 11.5 Å². The number of rotatable bonds is 2. The largest absolute Gasteiger partial charge is 0.507 e. The molecule has 102 valence electrons. The Morgan fingerprint density at radius 2 is 0.944 bits per heavy atom. The van der Waals surface area contributed by atoms with Crippen LogP contribution in [0.2, 0.25) is 0 Å². The number of hydrogen-bond acceptors (Lipinski definition) is 4. The molecule has 1 rings (SSSR count). The Labute approximate surface area is 102 Å². The highest BCUT2D eigenvalue weighted by molar-refractivity contribution is 7.67. The first-order valence-corrected chi connectivity index (χ1v) is 7.78. The van der Waals surface area contributed by atoms with Crippen LogP contribution in [0.15, 0.2) is 0 Å². The summed E-state index contributed by atoms with van der Waals surface area (Å²) in [6.45, 7) is 2.51. The number of phenols is 2. The Bertz CT molecular complexity index is 543. The first kappa shape index (κ1) is 15.2. The minimum absolute atomic E-state index is 0.0666. The van der Waals surface area contributed by atoms with E-state index in [0.717, 1.165) is 0 Å². The summed E-state index contributed by atoms with van der Waals surface area (Å²) >= 11 is 0. The molecule has 0 saturated heterocycles. The summed E-state index contributed by atoms with van der Waals surface area (Å²) in [6.07, 6.45) is 0. The molecule has 0 fully saturated rings. The molecule has 0 amide bonds. The zero-order valence-electron chi connectivity index (χ0n) is 9.39. The summed E-state index contributed by atoms with van der Waals surface area (Å²) in [5, 5.41) is 16.8. The SMILES string of the molecule is Cc1c(C)c(O)c(P(=O)(O)O)c(P(=O)(O)O)c1O. The van der Waals surface area contributed by atoms with Crippen molar-refractivity contribution in [3.8, 4) is 11.5 Å². The normalized spacial score (nSPS) is 12.8. The fourth-order valence-electron chi connectivity index (χ4n) is 1.49. The van der Waals surface area contributed by atoms with Gasteiger partial charge < -0.3 is 29.8 Å². The Morgan fingerprint density at radius 3 is 1.11 bits per heavy atom. The van der Waals surface area contributed by atoms with Crippen LogP contribution in [0, 0.1) is 13.8 Å². The minimum Gasteiger partial charge on any atom is -0.507 e. The van der Waals surface area contributed by atoms with Crippen molar-refractivity contribution < 1.29 is 38.9 Å². The molecule has 0 aliphatic rings. The Morgan fingerprint density at radius 1 is 0.722 bits per heavy atom. The van der Waals surface area contributed by atoms with E-state index in [0.29, 0.717) is 0 Å². The van der Waals surface area contributed by atoms with Gasteiger partial charge in [-0.15, -0.1) is 0 Å². The molecule has 1 aromatic rings. The van der Waals surface area contributed by atoms with Crippen LogP contribution in [0.3, 0.4) is 0 Å². The quantitative estimate of drug-likeness (QED) is 0.310. The molecule has 1 aromatic carbocycles. The van der Waals surface area contributed by atoms with Crippen molar-refractivity contribution in [2.75, 3.05) is 0 Å². The van der Waals surface area contributed by atoms with Crippen molar-refractivity contribution in [1.82, 2.24) is 0 Å². The number of aromatic hydroxyl groups is 2. The van der Waals surface area contributed by atoms with Gasteiger partial charge >= 0.3 is 15.2 Å². The lowest BCUT2D eigenvalue weighted by Crippen LogP contribution is -2.27. The summed E-state index contributed by atoms with van der Waals surface area (Å²) in [7, 11) is -10.3. The maximum Gasteiger partial charge on any atom is 0.361 e. The molecule has 0 aliphatic carbocycles. The third-order valence-electron chi connectivity index (χ3n) is 2.53. The van der Waals surface area contributed by atoms with E-state index < -0.39 is 37.3 Å². The first-order chi connectivity index (χ1) is 7.89. The molecule has 10 heteroatoms. The van der Waals surface area contributed by atoms with E-state index in [2.05, 4.69) is 0 Å². The monoisotopic (exact) mass is 298 g/mol. The number of hydrogen-bond donors (Lipinski definition) is 6. The van der Waals surface area contributed by atoms with E-state index in [-0.39, 0.29) is 11.1 Å². The molecule has 6 N–H and O–H groups in total. The van der Waals surface area contributed by atoms with Gasteiger partial charge in [-0.1, -0.05) is 0 Å². The third kappa shape index (κ3) is 2.44. The van der Waals surface area contributed by atoms with Gasteiger partial charge in [-0.25, -0.2) is 0 Å². The van der Waals surface area contributed by atoms with Crippen molar-refractivity contribution in [3.05, 3.63) is 11.1 Å². The standard InChI is InChI=1S/C8H12O8P2/c1-3-4(2)6(10)8(18(14,15)16)7(5(3)9)17(11,12)13/h9-10H,1-2H3,(H2,11,12,13)(H2,14,15,16). The molecule has 0 atom stereocenters. The highest BCUT2D eigenvalue weighted by Gasteiger charge is 2.38. The van der Waals surface area contributed by atoms with Gasteiger partial charge in [0.2, 0.25) is 0 Å². The molecule has 8 nitrogen and oxygen atoms in total. The maximum absolute atomic E-state index is 11.2. The average Bonchev–Trinajstić information content (AvgIpc) is 2.16. The molecular weight excluding hydrogens is 286 g/mol. The topological polar surface area (TPSA) is 156 Å². The molecule has 0 heterocycles. The van der Waals surface area contributed by atoms with E-state index in [1.54, 1.807) is 0 Å². The second-order valence-electron chi connectivity index (χ2n) is 3.73. The fraction of sp³-hybridized carbons (Fsp3) is 0.250. The highest BCUT2D eigenvalue weighted by Crippen LogP contribution is 2.47. The van der Waals surface area contributed by atoms with Crippen LogP contribution in [0.25, 0.3) is 0 Å². The summed E-state index contributed by atoms with van der Waals surface area (Å²) in [4.78, 5) is 36.2. The van der Waals surface area contributed by atoms with Gasteiger partial charge in [0.25, 0.3) is 0 Å². The van der Waals surface area contributed by atoms with E-state index in [1.807, 2.05) is 0 Å². The van der Waals surface area contributed by atoms with Crippen LogP contribution in [0.1, 0.15) is 11.1 Å². The van der Waals surface area contributed by atoms with Gasteiger partial charge in [0.05, 0.1) is 0 Å². The summed E-state index contributed by atoms with van der Waals surface area (Å²) in [5.41, 5.74) is -0.133. The van der Waals surface area contributed by atoms with E-state index in [4.69, 9.17) is 19.6 Å². The van der Waals surface area contributed by atoms with Gasteiger partial charge in [-0.3, -0.25) is 9.13 Å². The van der Waals surface area contributed by atoms with Crippen LogP contribution < -0.4 is 10.6 Å². The Balaban J connectivity index is 4.02. The van der Waals surface area contributed by atoms with E-state index in [1.165, 1.54) is 13.8 Å². The van der Waals surface area contributed by atoms with Gasteiger partial charge in [0.1, 0.15) is 22.1 Å². The predicted octanol–water partition coefficient (Wildman–Crippen LogP) is -0.679. The van der Waals surface area contributed by atoms with Crippen LogP contribution in [-0.2, 0) is 9.13 Å². The lowest BCUT2D eigenvalue weighted by molar-refractivity contribution is 0.375. The molecule has 0 aliphatic heterocycles. The molecule has 0 aromatic heterocycles. The lowest BCUT2D eigenvalue weighted by atomic mass is 10.1. The Hall–Kier alpha value is -0.880. The van der Waals surface area contributed by atoms with Crippen molar-refractivity contribution in [1.29, 1.82) is 0 Å². The average molecular weight is 298 g/mol. The first-order valence-electron chi connectivity index (χ1n) is 4.56. The molecule has 0 spiro atoms. The highest BCUT2D eigenvalue weighted by atomic mass is 31.2. The Kier molecular flexibility index (Phi) is 3.66. The van der Waals surface area contributed by atoms with Gasteiger partial charge in [0, 0.05) is 0 Å². The van der Waals surface area contributed by atoms with Crippen molar-refractivity contribution >= 4 is 25.8 Å². The molecule has 0 unspecified atom stereocenters. The summed E-state index contributed by atoms with van der Waals surface area (Å²) in [6, 6.07) is 0. The van der Waals surface area contributed by atoms with Crippen LogP contribution in [-0.4, -0.2) is 29.8 Å². The third-order valence-corrected chi connectivity index (χ3v) is 4.74. The molecule has 0 bridgehead atoms. The van der Waals surface area contributed by atoms with E-state index >= 15 is 0 Å². The second kappa shape index (κ2) is 4.35. The van der Waals surface area contributed by atoms with Gasteiger partial charge in [0.15, 0.2) is 0 Å². The molecule has 18 heavy (non-hydrogen) atoms. The molecule has 0 saturated carbocycles. The van der Waals surface area contributed by atoms with Crippen LogP contribution in [0.4, 0.5) is 0 Å². The predicted molar refractivity (Wildman–Crippen MR) is 62.6 cm³/mol. The fourth-order valence-corrected chi connectivity index (χ4v) is 3.92. The zero-order valence-corrected chi connectivity index (χ0v) is 11.2. The summed E-state index contributed by atoms with van der Waals surface area (Å²) < 4.78 is 22.4. The molecule has 0 radical (unpaired) electrons. The lowest BCUT2D eigenvalue weighted by Gasteiger charge is -2.19. The van der Waals surface area contributed by atoms with Crippen molar-refractivity contribution in [2.45, 2.75) is 13.8 Å². The number of phenolic OH excluding ortho intramolecular Hbond substituents is 2. The van der Waals surface area contributed by atoms with Crippen molar-refractivity contribution in [2.24, 2.45) is 0 Å². The minimum atomic E-state index is -5.17. The smallest absolute Gasteiger partial charge is 0.361 e. The van der Waals surface area contributed by atoms with Crippen LogP contribution >= 0.6 is 15.2 Å².